The maximum absolute atomic E-state index is 11.0. The molecule has 0 heterocycles. The Kier molecular flexibility index (Phi) is 6.93. The first-order valence-corrected chi connectivity index (χ1v) is 9.41. The maximum atomic E-state index is 11.0. The van der Waals surface area contributed by atoms with E-state index in [2.05, 4.69) is 15.5 Å². The topological polar surface area (TPSA) is 172 Å². The number of carboxylic acids is 1. The molecule has 0 aromatic heterocycles. The van der Waals surface area contributed by atoms with Gasteiger partial charge in [-0.2, -0.15) is 18.6 Å². The lowest BCUT2D eigenvalue weighted by molar-refractivity contribution is -0.137. The number of nitrogens with zero attached hydrogens (tertiary/aromatic N) is 2. The summed E-state index contributed by atoms with van der Waals surface area (Å²) >= 11 is 0. The Balaban J connectivity index is 2.06. The molecule has 2 rings (SSSR count). The number of hydrogen-bond acceptors (Lipinski definition) is 8. The molecule has 0 spiro atoms. The van der Waals surface area contributed by atoms with Gasteiger partial charge in [-0.1, -0.05) is 0 Å². The quantitative estimate of drug-likeness (QED) is 0.278. The van der Waals surface area contributed by atoms with Crippen LogP contribution in [0, 0.1) is 0 Å². The fraction of sp³-hybridized carbons (Fsp3) is 0.176. The van der Waals surface area contributed by atoms with Gasteiger partial charge in [-0.3, -0.25) is 9.35 Å². The van der Waals surface area contributed by atoms with Crippen molar-refractivity contribution >= 4 is 39.4 Å². The van der Waals surface area contributed by atoms with Crippen molar-refractivity contribution in [3.63, 3.8) is 0 Å². The van der Waals surface area contributed by atoms with Crippen LogP contribution < -0.4 is 11.1 Å². The Morgan fingerprint density at radius 3 is 2.00 bits per heavy atom. The van der Waals surface area contributed by atoms with E-state index < -0.39 is 28.2 Å². The highest BCUT2D eigenvalue weighted by Gasteiger charge is 2.20. The summed E-state index contributed by atoms with van der Waals surface area (Å²) < 4.78 is 30.9. The van der Waals surface area contributed by atoms with Crippen molar-refractivity contribution in [2.24, 2.45) is 16.0 Å². The Hall–Kier alpha value is -3.15. The van der Waals surface area contributed by atoms with Gasteiger partial charge in [0.15, 0.2) is 0 Å². The zero-order valence-corrected chi connectivity index (χ0v) is 15.3. The van der Waals surface area contributed by atoms with Gasteiger partial charge in [0.25, 0.3) is 10.1 Å². The van der Waals surface area contributed by atoms with Gasteiger partial charge in [-0.05, 0) is 48.5 Å². The number of rotatable bonds is 9. The molecule has 0 bridgehead atoms. The third kappa shape index (κ3) is 6.23. The summed E-state index contributed by atoms with van der Waals surface area (Å²) in [6, 6.07) is 9.94. The van der Waals surface area contributed by atoms with E-state index in [4.69, 9.17) is 15.4 Å². The van der Waals surface area contributed by atoms with Gasteiger partial charge in [-0.15, -0.1) is 0 Å². The van der Waals surface area contributed by atoms with Crippen LogP contribution in [0.2, 0.25) is 0 Å². The highest BCUT2D eigenvalue weighted by molar-refractivity contribution is 7.85. The van der Waals surface area contributed by atoms with E-state index in [0.29, 0.717) is 23.3 Å². The molecule has 5 N–H and O–H groups in total. The van der Waals surface area contributed by atoms with E-state index >= 15 is 0 Å². The first kappa shape index (κ1) is 21.2. The number of aldehydes is 1. The normalized spacial score (nSPS) is 13.8. The number of aliphatic carboxylic acids is 1. The molecular formula is C17H18N4O6S. The van der Waals surface area contributed by atoms with E-state index in [9.17, 15) is 18.0 Å². The van der Waals surface area contributed by atoms with Gasteiger partial charge in [0.05, 0.1) is 34.8 Å². The number of carbonyl (C=O) groups excluding carboxylic acids is 1. The standard InChI is InChI=1S/C17H18N4O6S/c18-15(10-22)16(9-17(23)24)19-11-1-3-12(4-2-11)20-21-13-5-7-14(8-6-13)28(25,26)27/h1-8,10,15-16,19H,9,18H2,(H,23,24)(H,25,26,27)/t15-,16?/m1/s1. The number of nitrogens with two attached hydrogens (primary N) is 1. The minimum Gasteiger partial charge on any atom is -0.481 e. The van der Waals surface area contributed by atoms with Crippen molar-refractivity contribution in [3.05, 3.63) is 48.5 Å². The summed E-state index contributed by atoms with van der Waals surface area (Å²) in [6.45, 7) is 0. The lowest BCUT2D eigenvalue weighted by Crippen LogP contribution is -2.42. The molecule has 2 aromatic rings. The fourth-order valence-corrected chi connectivity index (χ4v) is 2.68. The van der Waals surface area contributed by atoms with Crippen molar-refractivity contribution in [3.8, 4) is 0 Å². The number of hydrogen-bond donors (Lipinski definition) is 4. The molecule has 28 heavy (non-hydrogen) atoms. The van der Waals surface area contributed by atoms with Crippen molar-refractivity contribution in [2.45, 2.75) is 23.4 Å². The highest BCUT2D eigenvalue weighted by atomic mass is 32.2. The second-order valence-electron chi connectivity index (χ2n) is 5.78. The molecule has 0 amide bonds. The Labute approximate surface area is 160 Å². The van der Waals surface area contributed by atoms with Crippen LogP contribution in [-0.4, -0.2) is 42.4 Å². The third-order valence-electron chi connectivity index (χ3n) is 3.65. The second kappa shape index (κ2) is 9.17. The summed E-state index contributed by atoms with van der Waals surface area (Å²) in [4.78, 5) is 21.5. The molecule has 0 aliphatic carbocycles. The van der Waals surface area contributed by atoms with Crippen molar-refractivity contribution < 1.29 is 27.7 Å². The number of azo groups is 1. The van der Waals surface area contributed by atoms with Crippen molar-refractivity contribution in [2.75, 3.05) is 5.32 Å². The van der Waals surface area contributed by atoms with E-state index in [-0.39, 0.29) is 11.3 Å². The summed E-state index contributed by atoms with van der Waals surface area (Å²) in [5.41, 5.74) is 7.04. The minimum atomic E-state index is -4.26. The van der Waals surface area contributed by atoms with Crippen LogP contribution in [0.3, 0.4) is 0 Å². The van der Waals surface area contributed by atoms with Crippen molar-refractivity contribution in [1.29, 1.82) is 0 Å². The number of anilines is 1. The minimum absolute atomic E-state index is 0.244. The van der Waals surface area contributed by atoms with E-state index in [1.165, 1.54) is 24.3 Å². The molecule has 0 saturated heterocycles. The van der Waals surface area contributed by atoms with Gasteiger partial charge in [-0.25, -0.2) is 0 Å². The molecule has 2 aromatic carbocycles. The van der Waals surface area contributed by atoms with Crippen molar-refractivity contribution in [1.82, 2.24) is 0 Å². The van der Waals surface area contributed by atoms with Gasteiger partial charge < -0.3 is 21.0 Å². The maximum Gasteiger partial charge on any atom is 0.305 e. The first-order valence-electron chi connectivity index (χ1n) is 7.97. The second-order valence-corrected chi connectivity index (χ2v) is 7.20. The monoisotopic (exact) mass is 406 g/mol. The van der Waals surface area contributed by atoms with Gasteiger partial charge >= 0.3 is 5.97 Å². The molecule has 148 valence electrons. The van der Waals surface area contributed by atoms with Crippen LogP contribution in [-0.2, 0) is 19.7 Å². The Bertz CT molecular complexity index is 958. The van der Waals surface area contributed by atoms with Crippen LogP contribution in [0.5, 0.6) is 0 Å². The lowest BCUT2D eigenvalue weighted by atomic mass is 10.1. The molecule has 11 heteroatoms. The lowest BCUT2D eigenvalue weighted by Gasteiger charge is -2.20. The van der Waals surface area contributed by atoms with Crippen LogP contribution >= 0.6 is 0 Å². The van der Waals surface area contributed by atoms with E-state index in [0.717, 1.165) is 0 Å². The third-order valence-corrected chi connectivity index (χ3v) is 4.52. The molecule has 2 atom stereocenters. The molecule has 10 nitrogen and oxygen atoms in total. The highest BCUT2D eigenvalue weighted by Crippen LogP contribution is 2.22. The smallest absolute Gasteiger partial charge is 0.305 e. The Morgan fingerprint density at radius 1 is 1.07 bits per heavy atom. The summed E-state index contributed by atoms with van der Waals surface area (Å²) in [5, 5.41) is 19.8. The van der Waals surface area contributed by atoms with E-state index in [1.807, 2.05) is 0 Å². The first-order chi connectivity index (χ1) is 13.2. The van der Waals surface area contributed by atoms with Crippen LogP contribution in [0.25, 0.3) is 0 Å². The Morgan fingerprint density at radius 2 is 1.57 bits per heavy atom. The summed E-state index contributed by atoms with van der Waals surface area (Å²) in [5.74, 6) is -1.08. The zero-order chi connectivity index (χ0) is 20.7. The average Bonchev–Trinajstić information content (AvgIpc) is 2.65. The van der Waals surface area contributed by atoms with Gasteiger partial charge in [0.1, 0.15) is 6.29 Å². The van der Waals surface area contributed by atoms with Gasteiger partial charge in [0.2, 0.25) is 0 Å². The zero-order valence-electron chi connectivity index (χ0n) is 14.5. The van der Waals surface area contributed by atoms with E-state index in [1.54, 1.807) is 24.3 Å². The predicted octanol–water partition coefficient (Wildman–Crippen LogP) is 2.13. The van der Waals surface area contributed by atoms with Gasteiger partial charge in [0, 0.05) is 5.69 Å². The number of benzene rings is 2. The molecule has 0 aliphatic rings. The van der Waals surface area contributed by atoms with Crippen LogP contribution in [0.1, 0.15) is 6.42 Å². The van der Waals surface area contributed by atoms with Crippen LogP contribution in [0.15, 0.2) is 63.7 Å². The molecule has 0 aliphatic heterocycles. The molecular weight excluding hydrogens is 388 g/mol. The number of carbonyl (C=O) groups is 2. The summed E-state index contributed by atoms with van der Waals surface area (Å²) in [7, 11) is -4.26. The SMILES string of the molecule is N[C@H](C=O)C(CC(=O)O)Nc1ccc(N=Nc2ccc(S(=O)(=O)O)cc2)cc1. The molecule has 0 saturated carbocycles. The summed E-state index contributed by atoms with van der Waals surface area (Å²) in [6.07, 6.45) is 0.164. The number of nitrogens with one attached hydrogen (secondary N) is 1. The average molecular weight is 406 g/mol. The molecule has 1 unspecified atom stereocenters. The largest absolute Gasteiger partial charge is 0.481 e. The van der Waals surface area contributed by atoms with Crippen LogP contribution in [0.4, 0.5) is 17.1 Å². The fourth-order valence-electron chi connectivity index (χ4n) is 2.20. The number of carboxylic acid groups (broad SMARTS) is 1. The predicted molar refractivity (Wildman–Crippen MR) is 101 cm³/mol. The molecule has 0 radical (unpaired) electrons. The molecule has 0 fully saturated rings.